The Balaban J connectivity index is 1.44. The van der Waals surface area contributed by atoms with Gasteiger partial charge in [-0.2, -0.15) is 4.31 Å². The average molecular weight is 595 g/mol. The first-order valence-electron chi connectivity index (χ1n) is 15.0. The third kappa shape index (κ3) is 4.77. The summed E-state index contributed by atoms with van der Waals surface area (Å²) in [6.07, 6.45) is 5.55. The molecule has 8 nitrogen and oxygen atoms in total. The van der Waals surface area contributed by atoms with E-state index in [1.54, 1.807) is 46.3 Å². The number of sulfonamides is 1. The fraction of sp³-hybridized carbons (Fsp3) is 0.294. The van der Waals surface area contributed by atoms with Crippen LogP contribution in [0.1, 0.15) is 53.7 Å². The number of nitrogens with zero attached hydrogens (tertiary/aromatic N) is 4. The Morgan fingerprint density at radius 3 is 2.35 bits per heavy atom. The first kappa shape index (κ1) is 27.6. The van der Waals surface area contributed by atoms with Crippen LogP contribution in [0.2, 0.25) is 0 Å². The summed E-state index contributed by atoms with van der Waals surface area (Å²) < 4.78 is 38.1. The number of aromatic nitrogens is 3. The van der Waals surface area contributed by atoms with Gasteiger partial charge < -0.3 is 9.30 Å². The Bertz CT molecular complexity index is 1940. The molecule has 0 saturated carbocycles. The van der Waals surface area contributed by atoms with Crippen molar-refractivity contribution in [1.82, 2.24) is 18.5 Å². The zero-order chi connectivity index (χ0) is 29.6. The lowest BCUT2D eigenvalue weighted by atomic mass is 9.95. The lowest BCUT2D eigenvalue weighted by Gasteiger charge is -2.26. The van der Waals surface area contributed by atoms with Crippen molar-refractivity contribution in [2.45, 2.75) is 50.0 Å². The molecule has 9 heteroatoms. The normalized spacial score (nSPS) is 15.8. The van der Waals surface area contributed by atoms with Crippen LogP contribution in [0.25, 0.3) is 28.2 Å². The number of ketones is 1. The van der Waals surface area contributed by atoms with Gasteiger partial charge in [-0.3, -0.25) is 4.79 Å². The summed E-state index contributed by atoms with van der Waals surface area (Å²) >= 11 is 0. The minimum Gasteiger partial charge on any atom is -0.497 e. The van der Waals surface area contributed by atoms with Gasteiger partial charge in [0.05, 0.1) is 12.0 Å². The molecule has 2 aromatic heterocycles. The van der Waals surface area contributed by atoms with E-state index in [1.165, 1.54) is 0 Å². The van der Waals surface area contributed by atoms with Crippen molar-refractivity contribution in [2.75, 3.05) is 20.2 Å². The minimum absolute atomic E-state index is 0.141. The van der Waals surface area contributed by atoms with Crippen molar-refractivity contribution in [1.29, 1.82) is 0 Å². The predicted octanol–water partition coefficient (Wildman–Crippen LogP) is 6.22. The van der Waals surface area contributed by atoms with Crippen LogP contribution in [0.15, 0.2) is 83.8 Å². The Morgan fingerprint density at radius 1 is 0.814 bits per heavy atom. The predicted molar refractivity (Wildman–Crippen MR) is 166 cm³/mol. The van der Waals surface area contributed by atoms with Crippen LogP contribution in [0.5, 0.6) is 5.75 Å². The van der Waals surface area contributed by atoms with E-state index in [0.717, 1.165) is 73.0 Å². The number of carbonyl (C=O) groups is 1. The molecule has 2 aliphatic heterocycles. The molecule has 0 atom stereocenters. The summed E-state index contributed by atoms with van der Waals surface area (Å²) in [5.41, 5.74) is 5.59. The van der Waals surface area contributed by atoms with Crippen molar-refractivity contribution >= 4 is 21.5 Å². The van der Waals surface area contributed by atoms with Crippen molar-refractivity contribution in [3.63, 3.8) is 0 Å². The van der Waals surface area contributed by atoms with E-state index in [-0.39, 0.29) is 10.7 Å². The Kier molecular flexibility index (Phi) is 7.15. The molecule has 43 heavy (non-hydrogen) atoms. The van der Waals surface area contributed by atoms with Crippen LogP contribution >= 0.6 is 0 Å². The molecule has 220 valence electrons. The third-order valence-electron chi connectivity index (χ3n) is 8.64. The lowest BCUT2D eigenvalue weighted by Crippen LogP contribution is -2.35. The van der Waals surface area contributed by atoms with Crippen LogP contribution in [0, 0.1) is 0 Å². The summed E-state index contributed by atoms with van der Waals surface area (Å²) in [5.74, 6) is 1.13. The number of methoxy groups -OCH3 is 1. The summed E-state index contributed by atoms with van der Waals surface area (Å²) in [6, 6.07) is 24.3. The second-order valence-electron chi connectivity index (χ2n) is 11.3. The topological polar surface area (TPSA) is 85.9 Å². The van der Waals surface area contributed by atoms with E-state index in [9.17, 15) is 13.2 Å². The molecule has 1 saturated heterocycles. The maximum absolute atomic E-state index is 14.4. The number of aryl methyl sites for hydroxylation is 2. The van der Waals surface area contributed by atoms with Gasteiger partial charge in [0, 0.05) is 41.9 Å². The standard InChI is InChI=1S/C34H34N4O4S/c1-42-27-16-10-14-25(22-27)32(39)31-30(24-12-4-2-5-13-24)29-18-6-9-21-37-33(35-38(31)34(29)37)26-15-11-17-28(23-26)43(40,41)36-19-7-3-8-20-36/h2,4-5,10-17,22-23H,3,6-9,18-21H2,1H3. The van der Waals surface area contributed by atoms with E-state index < -0.39 is 10.0 Å². The van der Waals surface area contributed by atoms with Crippen molar-refractivity contribution < 1.29 is 17.9 Å². The summed E-state index contributed by atoms with van der Waals surface area (Å²) in [7, 11) is -2.02. The highest BCUT2D eigenvalue weighted by Crippen LogP contribution is 2.39. The zero-order valence-corrected chi connectivity index (χ0v) is 25.0. The molecule has 7 rings (SSSR count). The van der Waals surface area contributed by atoms with Gasteiger partial charge in [-0.05, 0) is 61.9 Å². The quantitative estimate of drug-likeness (QED) is 0.209. The monoisotopic (exact) mass is 594 g/mol. The molecule has 5 aromatic rings. The van der Waals surface area contributed by atoms with E-state index in [4.69, 9.17) is 9.84 Å². The van der Waals surface area contributed by atoms with Crippen LogP contribution < -0.4 is 4.74 Å². The van der Waals surface area contributed by atoms with E-state index in [1.807, 2.05) is 48.5 Å². The first-order chi connectivity index (χ1) is 21.0. The molecule has 0 spiro atoms. The number of hydrogen-bond donors (Lipinski definition) is 0. The lowest BCUT2D eigenvalue weighted by molar-refractivity contribution is 0.103. The van der Waals surface area contributed by atoms with Gasteiger partial charge in [0.2, 0.25) is 15.8 Å². The molecule has 0 unspecified atom stereocenters. The van der Waals surface area contributed by atoms with E-state index in [2.05, 4.69) is 4.57 Å². The highest BCUT2D eigenvalue weighted by atomic mass is 32.2. The second-order valence-corrected chi connectivity index (χ2v) is 13.2. The van der Waals surface area contributed by atoms with Gasteiger partial charge in [0.1, 0.15) is 17.1 Å². The van der Waals surface area contributed by atoms with Gasteiger partial charge in [0.15, 0.2) is 5.82 Å². The van der Waals surface area contributed by atoms with Crippen molar-refractivity contribution in [3.8, 4) is 28.3 Å². The van der Waals surface area contributed by atoms with Crippen LogP contribution in [0.4, 0.5) is 0 Å². The average Bonchev–Trinajstić information content (AvgIpc) is 3.48. The van der Waals surface area contributed by atoms with Crippen LogP contribution in [0.3, 0.4) is 0 Å². The van der Waals surface area contributed by atoms with Gasteiger partial charge in [-0.1, -0.05) is 61.0 Å². The number of ether oxygens (including phenoxy) is 1. The summed E-state index contributed by atoms with van der Waals surface area (Å²) in [4.78, 5) is 14.6. The maximum Gasteiger partial charge on any atom is 0.243 e. The second kappa shape index (κ2) is 11.1. The molecule has 0 amide bonds. The largest absolute Gasteiger partial charge is 0.497 e. The molecule has 4 heterocycles. The number of piperidine rings is 1. The highest BCUT2D eigenvalue weighted by molar-refractivity contribution is 7.89. The maximum atomic E-state index is 14.4. The number of benzene rings is 3. The molecule has 0 bridgehead atoms. The Labute approximate surface area is 251 Å². The third-order valence-corrected chi connectivity index (χ3v) is 10.5. The van der Waals surface area contributed by atoms with Gasteiger partial charge in [-0.15, -0.1) is 5.10 Å². The fourth-order valence-electron chi connectivity index (χ4n) is 6.53. The van der Waals surface area contributed by atoms with Gasteiger partial charge >= 0.3 is 0 Å². The summed E-state index contributed by atoms with van der Waals surface area (Å²) in [6.45, 7) is 1.82. The van der Waals surface area contributed by atoms with Gasteiger partial charge in [-0.25, -0.2) is 12.9 Å². The van der Waals surface area contributed by atoms with Crippen LogP contribution in [-0.4, -0.2) is 52.9 Å². The number of rotatable bonds is 7. The molecular weight excluding hydrogens is 560 g/mol. The highest BCUT2D eigenvalue weighted by Gasteiger charge is 2.32. The minimum atomic E-state index is -3.61. The van der Waals surface area contributed by atoms with E-state index in [0.29, 0.717) is 35.9 Å². The molecule has 0 N–H and O–H groups in total. The van der Waals surface area contributed by atoms with Crippen molar-refractivity contribution in [2.24, 2.45) is 0 Å². The molecule has 2 aliphatic rings. The molecule has 1 fully saturated rings. The number of carbonyl (C=O) groups excluding carboxylic acids is 1. The zero-order valence-electron chi connectivity index (χ0n) is 24.2. The first-order valence-corrected chi connectivity index (χ1v) is 16.4. The molecule has 3 aromatic carbocycles. The SMILES string of the molecule is COc1cccc(C(=O)c2c(-c3ccccc3)c3c4n(c(-c5cccc(S(=O)(=O)N6CCCCC6)c5)nn24)CCCC3)c1. The van der Waals surface area contributed by atoms with Gasteiger partial charge in [0.25, 0.3) is 0 Å². The Hall–Kier alpha value is -4.21. The smallest absolute Gasteiger partial charge is 0.243 e. The fourth-order valence-corrected chi connectivity index (χ4v) is 8.09. The molecule has 0 radical (unpaired) electrons. The molecular formula is C34H34N4O4S. The number of hydrogen-bond acceptors (Lipinski definition) is 5. The van der Waals surface area contributed by atoms with Crippen molar-refractivity contribution in [3.05, 3.63) is 95.7 Å². The molecule has 0 aliphatic carbocycles. The van der Waals surface area contributed by atoms with E-state index >= 15 is 0 Å². The van der Waals surface area contributed by atoms with Crippen LogP contribution in [-0.2, 0) is 23.0 Å². The summed E-state index contributed by atoms with van der Waals surface area (Å²) in [5, 5.41) is 5.09. The Morgan fingerprint density at radius 2 is 1.56 bits per heavy atom.